The van der Waals surface area contributed by atoms with Gasteiger partial charge in [-0.05, 0) is 23.6 Å². The van der Waals surface area contributed by atoms with Crippen molar-refractivity contribution < 1.29 is 9.13 Å². The van der Waals surface area contributed by atoms with E-state index < -0.39 is 11.5 Å². The van der Waals surface area contributed by atoms with Crippen molar-refractivity contribution in [2.45, 2.75) is 6.54 Å². The first-order chi connectivity index (χ1) is 14.6. The maximum Gasteiger partial charge on any atom is 0.349 e. The molecule has 3 aromatic heterocycles. The minimum atomic E-state index is -0.456. The van der Waals surface area contributed by atoms with E-state index >= 15 is 0 Å². The summed E-state index contributed by atoms with van der Waals surface area (Å²) < 4.78 is 21.3. The molecule has 30 heavy (non-hydrogen) atoms. The van der Waals surface area contributed by atoms with Crippen LogP contribution in [0.3, 0.4) is 0 Å². The number of morpholine rings is 1. The molecular formula is C20H16ClFN4O2S2. The smallest absolute Gasteiger partial charge is 0.349 e. The van der Waals surface area contributed by atoms with E-state index in [9.17, 15) is 9.18 Å². The Morgan fingerprint density at radius 1 is 1.17 bits per heavy atom. The van der Waals surface area contributed by atoms with Gasteiger partial charge < -0.3 is 9.64 Å². The molecule has 154 valence electrons. The summed E-state index contributed by atoms with van der Waals surface area (Å²) >= 11 is 9.12. The van der Waals surface area contributed by atoms with Gasteiger partial charge in [0.15, 0.2) is 5.13 Å². The van der Waals surface area contributed by atoms with Crippen molar-refractivity contribution >= 4 is 49.8 Å². The molecule has 0 radical (unpaired) electrons. The van der Waals surface area contributed by atoms with Gasteiger partial charge in [-0.25, -0.2) is 14.2 Å². The molecule has 1 saturated heterocycles. The third-order valence-corrected chi connectivity index (χ3v) is 7.29. The lowest BCUT2D eigenvalue weighted by Gasteiger charge is -2.25. The lowest BCUT2D eigenvalue weighted by Crippen LogP contribution is -2.36. The van der Waals surface area contributed by atoms with Crippen molar-refractivity contribution in [2.75, 3.05) is 31.2 Å². The minimum Gasteiger partial charge on any atom is -0.378 e. The molecule has 0 saturated carbocycles. The van der Waals surface area contributed by atoms with Gasteiger partial charge in [0.2, 0.25) is 0 Å². The molecule has 4 aromatic rings. The first-order valence-corrected chi connectivity index (χ1v) is 11.4. The highest BCUT2D eigenvalue weighted by molar-refractivity contribution is 7.22. The molecule has 0 spiro atoms. The Balaban J connectivity index is 1.70. The molecule has 10 heteroatoms. The number of halogens is 2. The van der Waals surface area contributed by atoms with Crippen molar-refractivity contribution in [1.82, 2.24) is 14.5 Å². The molecule has 1 aromatic carbocycles. The van der Waals surface area contributed by atoms with Crippen LogP contribution < -0.4 is 10.6 Å². The van der Waals surface area contributed by atoms with Crippen LogP contribution in [0.5, 0.6) is 0 Å². The molecule has 1 aliphatic rings. The fourth-order valence-corrected chi connectivity index (χ4v) is 5.44. The van der Waals surface area contributed by atoms with E-state index in [2.05, 4.69) is 9.88 Å². The third-order valence-electron chi connectivity index (χ3n) is 4.92. The number of hydrogen-bond donors (Lipinski definition) is 0. The molecule has 6 nitrogen and oxygen atoms in total. The third kappa shape index (κ3) is 3.51. The maximum absolute atomic E-state index is 14.4. The monoisotopic (exact) mass is 462 g/mol. The Kier molecular flexibility index (Phi) is 5.28. The maximum atomic E-state index is 14.4. The van der Waals surface area contributed by atoms with Crippen LogP contribution in [0.2, 0.25) is 5.02 Å². The second-order valence-electron chi connectivity index (χ2n) is 6.76. The Bertz CT molecular complexity index is 1250. The van der Waals surface area contributed by atoms with Gasteiger partial charge in [-0.1, -0.05) is 35.1 Å². The number of ether oxygens (including phenoxy) is 1. The highest BCUT2D eigenvalue weighted by Gasteiger charge is 2.22. The van der Waals surface area contributed by atoms with Gasteiger partial charge >= 0.3 is 5.69 Å². The van der Waals surface area contributed by atoms with E-state index in [4.69, 9.17) is 21.3 Å². The zero-order chi connectivity index (χ0) is 20.7. The Morgan fingerprint density at radius 3 is 2.73 bits per heavy atom. The summed E-state index contributed by atoms with van der Waals surface area (Å²) in [5.41, 5.74) is 0.990. The van der Waals surface area contributed by atoms with Gasteiger partial charge in [-0.3, -0.25) is 4.57 Å². The minimum absolute atomic E-state index is 0.0106. The second kappa shape index (κ2) is 8.07. The summed E-state index contributed by atoms with van der Waals surface area (Å²) in [6.45, 7) is 2.70. The van der Waals surface area contributed by atoms with Crippen molar-refractivity contribution in [3.05, 3.63) is 62.6 Å². The van der Waals surface area contributed by atoms with E-state index in [1.165, 1.54) is 33.3 Å². The number of thiophene rings is 1. The van der Waals surface area contributed by atoms with E-state index in [0.717, 1.165) is 23.1 Å². The van der Waals surface area contributed by atoms with Gasteiger partial charge in [0.05, 0.1) is 24.6 Å². The summed E-state index contributed by atoms with van der Waals surface area (Å²) in [6.07, 6.45) is 0. The van der Waals surface area contributed by atoms with Gasteiger partial charge in [0, 0.05) is 23.7 Å². The van der Waals surface area contributed by atoms with Crippen LogP contribution in [0.25, 0.3) is 20.9 Å². The summed E-state index contributed by atoms with van der Waals surface area (Å²) in [4.78, 5) is 25.8. The number of aromatic nitrogens is 3. The quantitative estimate of drug-likeness (QED) is 0.453. The fraction of sp³-hybridized carbons (Fsp3) is 0.250. The van der Waals surface area contributed by atoms with Gasteiger partial charge in [-0.2, -0.15) is 4.98 Å². The average molecular weight is 463 g/mol. The van der Waals surface area contributed by atoms with Gasteiger partial charge in [0.1, 0.15) is 21.9 Å². The zero-order valence-corrected chi connectivity index (χ0v) is 18.1. The molecule has 0 N–H and O–H groups in total. The van der Waals surface area contributed by atoms with Crippen LogP contribution in [0.4, 0.5) is 9.52 Å². The molecular weight excluding hydrogens is 447 g/mol. The van der Waals surface area contributed by atoms with Gasteiger partial charge in [0.25, 0.3) is 0 Å². The van der Waals surface area contributed by atoms with Crippen LogP contribution in [0.15, 0.2) is 40.5 Å². The Hall–Kier alpha value is -2.33. The summed E-state index contributed by atoms with van der Waals surface area (Å²) in [6, 6.07) is 8.32. The van der Waals surface area contributed by atoms with E-state index in [1.54, 1.807) is 12.1 Å². The molecule has 1 aliphatic heterocycles. The number of hydrogen-bond acceptors (Lipinski definition) is 7. The highest BCUT2D eigenvalue weighted by atomic mass is 35.5. The van der Waals surface area contributed by atoms with Crippen LogP contribution in [0.1, 0.15) is 5.56 Å². The Labute approximate surface area is 184 Å². The molecule has 0 bridgehead atoms. The summed E-state index contributed by atoms with van der Waals surface area (Å²) in [5, 5.41) is 3.00. The number of thiazole rings is 1. The zero-order valence-electron chi connectivity index (χ0n) is 15.7. The Morgan fingerprint density at radius 2 is 2.00 bits per heavy atom. The number of benzene rings is 1. The van der Waals surface area contributed by atoms with Crippen molar-refractivity contribution in [3.8, 4) is 10.6 Å². The SMILES string of the molecule is O=c1nc(-c2cccs2)c2nc(N3CCOCC3)sc2n1Cc1c(F)cccc1Cl. The normalized spacial score (nSPS) is 14.5. The molecule has 0 amide bonds. The van der Waals surface area contributed by atoms with Crippen LogP contribution in [0, 0.1) is 5.82 Å². The van der Waals surface area contributed by atoms with E-state index in [0.29, 0.717) is 29.3 Å². The van der Waals surface area contributed by atoms with Crippen molar-refractivity contribution in [2.24, 2.45) is 0 Å². The molecule has 0 atom stereocenters. The van der Waals surface area contributed by atoms with Gasteiger partial charge in [-0.15, -0.1) is 11.3 Å². The number of fused-ring (bicyclic) bond motifs is 1. The van der Waals surface area contributed by atoms with E-state index in [1.807, 2.05) is 17.5 Å². The topological polar surface area (TPSA) is 60.3 Å². The fourth-order valence-electron chi connectivity index (χ4n) is 3.39. The lowest BCUT2D eigenvalue weighted by atomic mass is 10.2. The first-order valence-electron chi connectivity index (χ1n) is 9.32. The lowest BCUT2D eigenvalue weighted by molar-refractivity contribution is 0.122. The summed E-state index contributed by atoms with van der Waals surface area (Å²) in [5.74, 6) is -0.456. The number of rotatable bonds is 4. The molecule has 1 fully saturated rings. The van der Waals surface area contributed by atoms with E-state index in [-0.39, 0.29) is 17.1 Å². The first kappa shape index (κ1) is 19.6. The number of nitrogens with zero attached hydrogens (tertiary/aromatic N) is 4. The van der Waals surface area contributed by atoms with Crippen LogP contribution >= 0.6 is 34.3 Å². The molecule has 5 rings (SSSR count). The standard InChI is InChI=1S/C20H16ClFN4O2S2/c21-13-3-1-4-14(22)12(13)11-26-18-17(16(23-19(26)27)15-5-2-10-29-15)24-20(30-18)25-6-8-28-9-7-25/h1-5,10H,6-9,11H2. The predicted molar refractivity (Wildman–Crippen MR) is 119 cm³/mol. The largest absolute Gasteiger partial charge is 0.378 e. The van der Waals surface area contributed by atoms with Crippen molar-refractivity contribution in [1.29, 1.82) is 0 Å². The molecule has 0 unspecified atom stereocenters. The van der Waals surface area contributed by atoms with Crippen molar-refractivity contribution in [3.63, 3.8) is 0 Å². The summed E-state index contributed by atoms with van der Waals surface area (Å²) in [7, 11) is 0. The molecule has 0 aliphatic carbocycles. The number of anilines is 1. The average Bonchev–Trinajstić information content (AvgIpc) is 3.43. The second-order valence-corrected chi connectivity index (χ2v) is 9.07. The highest BCUT2D eigenvalue weighted by Crippen LogP contribution is 2.35. The van der Waals surface area contributed by atoms with Crippen LogP contribution in [-0.2, 0) is 11.3 Å². The predicted octanol–water partition coefficient (Wildman–Crippen LogP) is 4.26. The van der Waals surface area contributed by atoms with Crippen LogP contribution in [-0.4, -0.2) is 40.8 Å². The molecule has 4 heterocycles.